The lowest BCUT2D eigenvalue weighted by Crippen LogP contribution is -2.39. The van der Waals surface area contributed by atoms with Crippen LogP contribution in [0.4, 0.5) is 0 Å². The topological polar surface area (TPSA) is 59.4 Å². The molecular weight excluding hydrogens is 550 g/mol. The lowest BCUT2D eigenvalue weighted by atomic mass is 9.83. The molecule has 3 heterocycles. The second-order valence-electron chi connectivity index (χ2n) is 11.1. The fourth-order valence-corrected chi connectivity index (χ4v) is 7.67. The van der Waals surface area contributed by atoms with Crippen molar-refractivity contribution in [1.29, 1.82) is 0 Å². The molecular formula is C37H29N3O2S. The van der Waals surface area contributed by atoms with Gasteiger partial charge in [0.05, 0.1) is 29.1 Å². The highest BCUT2D eigenvalue weighted by Crippen LogP contribution is 2.43. The predicted octanol–water partition coefficient (Wildman–Crippen LogP) is 6.78. The number of thiazole rings is 1. The molecule has 6 heteroatoms. The van der Waals surface area contributed by atoms with Crippen molar-refractivity contribution in [1.82, 2.24) is 9.55 Å². The lowest BCUT2D eigenvalue weighted by Gasteiger charge is -2.31. The number of nitrogens with zero attached hydrogens (tertiary/aromatic N) is 2. The molecule has 0 bridgehead atoms. The predicted molar refractivity (Wildman–Crippen MR) is 174 cm³/mol. The average molecular weight is 580 g/mol. The maximum absolute atomic E-state index is 14.5. The van der Waals surface area contributed by atoms with E-state index in [1.165, 1.54) is 22.5 Å². The molecule has 0 radical (unpaired) electrons. The molecule has 1 aliphatic heterocycles. The van der Waals surface area contributed by atoms with E-state index in [1.807, 2.05) is 41.0 Å². The highest BCUT2D eigenvalue weighted by atomic mass is 32.1. The third kappa shape index (κ3) is 4.05. The number of ether oxygens (including phenoxy) is 1. The molecule has 1 atom stereocenters. The van der Waals surface area contributed by atoms with Crippen molar-refractivity contribution < 1.29 is 4.74 Å². The monoisotopic (exact) mass is 579 g/mol. The van der Waals surface area contributed by atoms with Gasteiger partial charge in [0.25, 0.3) is 5.56 Å². The molecule has 0 amide bonds. The fraction of sp³-hybridized carbons (Fsp3) is 0.135. The van der Waals surface area contributed by atoms with Crippen LogP contribution in [-0.4, -0.2) is 16.7 Å². The number of aromatic amines is 1. The van der Waals surface area contributed by atoms with Gasteiger partial charge in [-0.1, -0.05) is 102 Å². The van der Waals surface area contributed by atoms with Crippen LogP contribution in [0.1, 0.15) is 40.3 Å². The second kappa shape index (κ2) is 10.1. The first-order valence-corrected chi connectivity index (χ1v) is 15.4. The SMILES string of the molecule is COc1ccccc1[C@H]1C2=C(N=c3s/c(=C/c4c(-c5ccccc5)[nH]c5c(C)cccc45)c(=O)n31)c1ccccc1CC2. The number of hydrogen-bond acceptors (Lipinski definition) is 4. The Balaban J connectivity index is 1.42. The molecule has 0 saturated carbocycles. The molecule has 4 aromatic carbocycles. The minimum atomic E-state index is -0.295. The van der Waals surface area contributed by atoms with Crippen molar-refractivity contribution in [3.05, 3.63) is 150 Å². The van der Waals surface area contributed by atoms with Crippen LogP contribution in [0.3, 0.4) is 0 Å². The van der Waals surface area contributed by atoms with Gasteiger partial charge >= 0.3 is 0 Å². The maximum atomic E-state index is 14.5. The molecule has 0 spiro atoms. The van der Waals surface area contributed by atoms with E-state index in [9.17, 15) is 4.79 Å². The van der Waals surface area contributed by atoms with Crippen molar-refractivity contribution in [3.8, 4) is 17.0 Å². The number of allylic oxidation sites excluding steroid dienone is 1. The third-order valence-electron chi connectivity index (χ3n) is 8.73. The third-order valence-corrected chi connectivity index (χ3v) is 9.71. The average Bonchev–Trinajstić information content (AvgIpc) is 3.58. The Hall–Kier alpha value is -4.94. The smallest absolute Gasteiger partial charge is 0.271 e. The molecule has 6 aromatic rings. The largest absolute Gasteiger partial charge is 0.496 e. The normalized spacial score (nSPS) is 16.0. The van der Waals surface area contributed by atoms with Gasteiger partial charge in [0.2, 0.25) is 0 Å². The summed E-state index contributed by atoms with van der Waals surface area (Å²) >= 11 is 1.46. The van der Waals surface area contributed by atoms with Crippen molar-refractivity contribution in [3.63, 3.8) is 0 Å². The Morgan fingerprint density at radius 3 is 2.58 bits per heavy atom. The number of rotatable bonds is 4. The Kier molecular flexibility index (Phi) is 6.05. The number of fused-ring (bicyclic) bond motifs is 4. The molecule has 43 heavy (non-hydrogen) atoms. The van der Waals surface area contributed by atoms with Crippen molar-refractivity contribution in [2.45, 2.75) is 25.8 Å². The minimum Gasteiger partial charge on any atom is -0.496 e. The number of benzene rings is 4. The molecule has 1 aliphatic carbocycles. The minimum absolute atomic E-state index is 0.0360. The van der Waals surface area contributed by atoms with Crippen molar-refractivity contribution in [2.24, 2.45) is 4.99 Å². The number of nitrogens with one attached hydrogen (secondary N) is 1. The van der Waals surface area contributed by atoms with E-state index in [2.05, 4.69) is 78.6 Å². The fourth-order valence-electron chi connectivity index (χ4n) is 6.69. The van der Waals surface area contributed by atoms with Crippen LogP contribution in [0.5, 0.6) is 5.75 Å². The summed E-state index contributed by atoms with van der Waals surface area (Å²) in [6, 6.07) is 32.9. The van der Waals surface area contributed by atoms with Crippen LogP contribution < -0.4 is 19.6 Å². The summed E-state index contributed by atoms with van der Waals surface area (Å²) in [5.74, 6) is 0.771. The van der Waals surface area contributed by atoms with E-state index in [0.717, 1.165) is 68.7 Å². The number of aromatic nitrogens is 2. The van der Waals surface area contributed by atoms with E-state index < -0.39 is 0 Å². The zero-order valence-electron chi connectivity index (χ0n) is 23.9. The van der Waals surface area contributed by atoms with Crippen LogP contribution in [0.15, 0.2) is 112 Å². The van der Waals surface area contributed by atoms with Gasteiger partial charge < -0.3 is 9.72 Å². The summed E-state index contributed by atoms with van der Waals surface area (Å²) in [4.78, 5) is 24.1. The van der Waals surface area contributed by atoms with Gasteiger partial charge in [-0.05, 0) is 54.2 Å². The van der Waals surface area contributed by atoms with E-state index >= 15 is 0 Å². The first-order valence-electron chi connectivity index (χ1n) is 14.5. The quantitative estimate of drug-likeness (QED) is 0.250. The number of para-hydroxylation sites is 2. The Labute approximate surface area is 252 Å². The summed E-state index contributed by atoms with van der Waals surface area (Å²) < 4.78 is 8.39. The summed E-state index contributed by atoms with van der Waals surface area (Å²) in [6.45, 7) is 2.11. The number of aryl methyl sites for hydroxylation is 2. The molecule has 0 fully saturated rings. The molecule has 1 N–H and O–H groups in total. The van der Waals surface area contributed by atoms with E-state index in [-0.39, 0.29) is 11.6 Å². The standard InChI is InChI=1S/C37H29N3O2S/c1-22-11-10-17-26-29(33(38-32(22)26)24-13-4-3-5-14-24)21-31-36(41)40-35(27-16-8-9-18-30(27)42-2)28-20-19-23-12-6-7-15-25(23)34(28)39-37(40)43-31/h3-18,21,35,38H,19-20H2,1-2H3/b31-21+/t35-/m0/s1. The number of methoxy groups -OCH3 is 1. The van der Waals surface area contributed by atoms with E-state index in [0.29, 0.717) is 9.33 Å². The highest BCUT2D eigenvalue weighted by molar-refractivity contribution is 7.07. The van der Waals surface area contributed by atoms with Crippen LogP contribution >= 0.6 is 11.3 Å². The van der Waals surface area contributed by atoms with E-state index in [4.69, 9.17) is 9.73 Å². The molecule has 0 unspecified atom stereocenters. The highest BCUT2D eigenvalue weighted by Gasteiger charge is 2.34. The van der Waals surface area contributed by atoms with Gasteiger partial charge in [-0.3, -0.25) is 9.36 Å². The van der Waals surface area contributed by atoms with Gasteiger partial charge in [-0.15, -0.1) is 0 Å². The van der Waals surface area contributed by atoms with Crippen LogP contribution in [0, 0.1) is 6.92 Å². The summed E-state index contributed by atoms with van der Waals surface area (Å²) in [6.07, 6.45) is 3.80. The van der Waals surface area contributed by atoms with Gasteiger partial charge in [-0.2, -0.15) is 0 Å². The van der Waals surface area contributed by atoms with Gasteiger partial charge in [0, 0.05) is 27.6 Å². The van der Waals surface area contributed by atoms with Gasteiger partial charge in [0.15, 0.2) is 4.80 Å². The molecule has 2 aliphatic rings. The van der Waals surface area contributed by atoms with Crippen LogP contribution in [-0.2, 0) is 6.42 Å². The molecule has 5 nitrogen and oxygen atoms in total. The summed E-state index contributed by atoms with van der Waals surface area (Å²) in [5.41, 5.74) is 10.9. The van der Waals surface area contributed by atoms with Crippen LogP contribution in [0.25, 0.3) is 33.9 Å². The van der Waals surface area contributed by atoms with Crippen molar-refractivity contribution in [2.75, 3.05) is 7.11 Å². The Morgan fingerprint density at radius 2 is 1.72 bits per heavy atom. The molecule has 2 aromatic heterocycles. The maximum Gasteiger partial charge on any atom is 0.271 e. The zero-order chi connectivity index (χ0) is 29.1. The summed E-state index contributed by atoms with van der Waals surface area (Å²) in [7, 11) is 1.69. The number of H-pyrrole nitrogens is 1. The molecule has 210 valence electrons. The molecule has 8 rings (SSSR count). The molecule has 0 saturated heterocycles. The lowest BCUT2D eigenvalue weighted by molar-refractivity contribution is 0.402. The number of hydrogen-bond donors (Lipinski definition) is 1. The Bertz CT molecular complexity index is 2270. The van der Waals surface area contributed by atoms with Gasteiger partial charge in [-0.25, -0.2) is 4.99 Å². The first-order chi connectivity index (χ1) is 21.1. The second-order valence-corrected chi connectivity index (χ2v) is 12.1. The van der Waals surface area contributed by atoms with E-state index in [1.54, 1.807) is 7.11 Å². The zero-order valence-corrected chi connectivity index (χ0v) is 24.7. The Morgan fingerprint density at radius 1 is 0.930 bits per heavy atom. The first kappa shape index (κ1) is 25.7. The van der Waals surface area contributed by atoms with Crippen LogP contribution in [0.2, 0.25) is 0 Å². The van der Waals surface area contributed by atoms with Crippen molar-refractivity contribution >= 4 is 34.0 Å². The summed E-state index contributed by atoms with van der Waals surface area (Å²) in [5, 5.41) is 1.10. The van der Waals surface area contributed by atoms with Gasteiger partial charge in [0.1, 0.15) is 5.75 Å².